The van der Waals surface area contributed by atoms with Crippen LogP contribution in [0.1, 0.15) is 5.56 Å². The second kappa shape index (κ2) is 4.72. The number of nitrogen functional groups attached to an aromatic ring is 1. The zero-order valence-corrected chi connectivity index (χ0v) is 11.9. The van der Waals surface area contributed by atoms with E-state index >= 15 is 0 Å². The van der Waals surface area contributed by atoms with Gasteiger partial charge in [-0.05, 0) is 34.7 Å². The first-order valence-electron chi connectivity index (χ1n) is 5.51. The van der Waals surface area contributed by atoms with Gasteiger partial charge < -0.3 is 10.3 Å². The molecular weight excluding hydrogens is 360 g/mol. The van der Waals surface area contributed by atoms with Gasteiger partial charge >= 0.3 is 0 Å². The van der Waals surface area contributed by atoms with E-state index < -0.39 is 0 Å². The summed E-state index contributed by atoms with van der Waals surface area (Å²) in [5, 5.41) is 0. The summed E-state index contributed by atoms with van der Waals surface area (Å²) in [4.78, 5) is 12.2. The number of imidazole rings is 1. The molecule has 0 bridgehead atoms. The lowest BCUT2D eigenvalue weighted by Gasteiger charge is -2.13. The number of hydrogen-bond acceptors (Lipinski definition) is 4. The Morgan fingerprint density at radius 2 is 2.11 bits per heavy atom. The van der Waals surface area contributed by atoms with Gasteiger partial charge in [0.05, 0.1) is 12.9 Å². The number of rotatable bonds is 2. The highest BCUT2D eigenvalue weighted by molar-refractivity contribution is 14.1. The molecule has 0 fully saturated rings. The number of fused-ring (bicyclic) bond motifs is 1. The van der Waals surface area contributed by atoms with Gasteiger partial charge in [0.2, 0.25) is 0 Å². The van der Waals surface area contributed by atoms with E-state index in [1.807, 2.05) is 6.07 Å². The lowest BCUT2D eigenvalue weighted by molar-refractivity contribution is 0.595. The minimum absolute atomic E-state index is 0.246. The van der Waals surface area contributed by atoms with Crippen LogP contribution in [0.4, 0.5) is 10.2 Å². The molecule has 7 heteroatoms. The first kappa shape index (κ1) is 12.3. The SMILES string of the molecule is Nc1ncn(Cc2c(F)cccc2I)c2ncnc1-2. The summed E-state index contributed by atoms with van der Waals surface area (Å²) in [6.45, 7) is 0.341. The summed E-state index contributed by atoms with van der Waals surface area (Å²) in [6, 6.07) is 4.99. The molecular formula is C12H9FIN5. The highest BCUT2D eigenvalue weighted by atomic mass is 127. The summed E-state index contributed by atoms with van der Waals surface area (Å²) < 4.78 is 16.4. The number of anilines is 1. The van der Waals surface area contributed by atoms with Crippen LogP contribution in [0.5, 0.6) is 0 Å². The zero-order valence-electron chi connectivity index (χ0n) is 9.72. The lowest BCUT2D eigenvalue weighted by atomic mass is 10.2. The van der Waals surface area contributed by atoms with Gasteiger partial charge in [0.25, 0.3) is 0 Å². The Hall–Kier alpha value is -1.77. The summed E-state index contributed by atoms with van der Waals surface area (Å²) in [7, 11) is 0. The van der Waals surface area contributed by atoms with E-state index in [-0.39, 0.29) is 5.82 Å². The lowest BCUT2D eigenvalue weighted by Crippen LogP contribution is -2.11. The predicted molar refractivity (Wildman–Crippen MR) is 77.1 cm³/mol. The summed E-state index contributed by atoms with van der Waals surface area (Å²) in [6.07, 6.45) is 2.97. The molecule has 2 N–H and O–H groups in total. The number of halogens is 2. The summed E-state index contributed by atoms with van der Waals surface area (Å²) in [5.74, 6) is 0.683. The minimum Gasteiger partial charge on any atom is -0.382 e. The summed E-state index contributed by atoms with van der Waals surface area (Å²) in [5.41, 5.74) is 6.86. The number of nitrogens with zero attached hydrogens (tertiary/aromatic N) is 4. The third-order valence-electron chi connectivity index (χ3n) is 2.82. The van der Waals surface area contributed by atoms with Crippen LogP contribution < -0.4 is 5.73 Å². The average molecular weight is 369 g/mol. The molecule has 0 radical (unpaired) electrons. The van der Waals surface area contributed by atoms with Gasteiger partial charge in [0.1, 0.15) is 17.8 Å². The molecule has 1 aromatic carbocycles. The number of nitrogens with two attached hydrogens (primary N) is 1. The third-order valence-corrected chi connectivity index (χ3v) is 3.83. The fourth-order valence-corrected chi connectivity index (χ4v) is 2.50. The van der Waals surface area contributed by atoms with Crippen LogP contribution in [0.2, 0.25) is 0 Å². The van der Waals surface area contributed by atoms with Crippen LogP contribution in [0.15, 0.2) is 30.9 Å². The van der Waals surface area contributed by atoms with Crippen molar-refractivity contribution in [2.24, 2.45) is 0 Å². The van der Waals surface area contributed by atoms with E-state index in [0.717, 1.165) is 3.57 Å². The smallest absolute Gasteiger partial charge is 0.165 e. The molecule has 0 aliphatic carbocycles. The van der Waals surface area contributed by atoms with Crippen LogP contribution in [-0.4, -0.2) is 19.5 Å². The maximum absolute atomic E-state index is 13.8. The molecule has 0 unspecified atom stereocenters. The topological polar surface area (TPSA) is 69.6 Å². The Bertz CT molecular complexity index is 691. The van der Waals surface area contributed by atoms with Crippen molar-refractivity contribution < 1.29 is 4.39 Å². The van der Waals surface area contributed by atoms with Crippen molar-refractivity contribution in [1.82, 2.24) is 19.5 Å². The first-order chi connectivity index (χ1) is 9.16. The predicted octanol–water partition coefficient (Wildman–Crippen LogP) is 2.15. The molecule has 0 atom stereocenters. The Labute approximate surface area is 122 Å². The Kier molecular flexibility index (Phi) is 3.05. The number of hydrogen-bond donors (Lipinski definition) is 1. The van der Waals surface area contributed by atoms with Gasteiger partial charge in [0.15, 0.2) is 11.6 Å². The van der Waals surface area contributed by atoms with E-state index in [1.54, 1.807) is 17.0 Å². The van der Waals surface area contributed by atoms with E-state index in [2.05, 4.69) is 37.5 Å². The molecule has 0 aromatic heterocycles. The first-order valence-corrected chi connectivity index (χ1v) is 6.59. The minimum atomic E-state index is -0.246. The molecule has 1 aromatic rings. The number of benzene rings is 1. The van der Waals surface area contributed by atoms with Crippen molar-refractivity contribution in [3.05, 3.63) is 45.8 Å². The van der Waals surface area contributed by atoms with Gasteiger partial charge in [-0.2, -0.15) is 0 Å². The Balaban J connectivity index is 2.07. The number of aromatic nitrogens is 4. The molecule has 0 spiro atoms. The van der Waals surface area contributed by atoms with Gasteiger partial charge in [-0.3, -0.25) is 0 Å². The quantitative estimate of drug-likeness (QED) is 0.703. The Morgan fingerprint density at radius 1 is 1.26 bits per heavy atom. The average Bonchev–Trinajstić information content (AvgIpc) is 2.87. The fourth-order valence-electron chi connectivity index (χ4n) is 1.87. The Morgan fingerprint density at radius 3 is 2.89 bits per heavy atom. The van der Waals surface area contributed by atoms with Crippen molar-refractivity contribution in [3.63, 3.8) is 0 Å². The summed E-state index contributed by atoms with van der Waals surface area (Å²) >= 11 is 2.11. The molecule has 3 rings (SSSR count). The van der Waals surface area contributed by atoms with Crippen molar-refractivity contribution in [3.8, 4) is 11.5 Å². The normalized spacial score (nSPS) is 11.1. The molecule has 0 amide bonds. The van der Waals surface area contributed by atoms with E-state index in [1.165, 1.54) is 12.4 Å². The second-order valence-corrected chi connectivity index (χ2v) is 5.17. The molecule has 0 saturated carbocycles. The van der Waals surface area contributed by atoms with Crippen LogP contribution in [0.3, 0.4) is 0 Å². The molecule has 2 heterocycles. The van der Waals surface area contributed by atoms with E-state index in [0.29, 0.717) is 29.4 Å². The van der Waals surface area contributed by atoms with E-state index in [4.69, 9.17) is 5.73 Å². The molecule has 19 heavy (non-hydrogen) atoms. The fraction of sp³-hybridized carbons (Fsp3) is 0.0833. The molecule has 2 aliphatic rings. The van der Waals surface area contributed by atoms with Crippen molar-refractivity contribution in [2.75, 3.05) is 5.73 Å². The van der Waals surface area contributed by atoms with Crippen molar-refractivity contribution in [1.29, 1.82) is 0 Å². The van der Waals surface area contributed by atoms with Gasteiger partial charge in [0, 0.05) is 9.13 Å². The third kappa shape index (κ3) is 2.14. The van der Waals surface area contributed by atoms with Gasteiger partial charge in [-0.1, -0.05) is 6.07 Å². The maximum atomic E-state index is 13.8. The highest BCUT2D eigenvalue weighted by Gasteiger charge is 2.16. The standard InChI is InChI=1S/C12H9FIN5/c13-8-2-1-3-9(14)7(8)4-19-6-18-11(15)10-12(19)17-5-16-10/h1-3,5-6H,4,15H2. The van der Waals surface area contributed by atoms with Gasteiger partial charge in [-0.15, -0.1) is 0 Å². The van der Waals surface area contributed by atoms with E-state index in [9.17, 15) is 4.39 Å². The zero-order chi connectivity index (χ0) is 13.4. The van der Waals surface area contributed by atoms with Crippen LogP contribution >= 0.6 is 22.6 Å². The van der Waals surface area contributed by atoms with Crippen LogP contribution in [-0.2, 0) is 6.54 Å². The molecule has 2 aliphatic heterocycles. The molecule has 5 nitrogen and oxygen atoms in total. The van der Waals surface area contributed by atoms with Crippen molar-refractivity contribution >= 4 is 28.4 Å². The maximum Gasteiger partial charge on any atom is 0.165 e. The highest BCUT2D eigenvalue weighted by Crippen LogP contribution is 2.24. The van der Waals surface area contributed by atoms with Crippen molar-refractivity contribution in [2.45, 2.75) is 6.54 Å². The second-order valence-electron chi connectivity index (χ2n) is 4.00. The van der Waals surface area contributed by atoms with Crippen LogP contribution in [0.25, 0.3) is 11.5 Å². The van der Waals surface area contributed by atoms with Gasteiger partial charge in [-0.25, -0.2) is 19.3 Å². The largest absolute Gasteiger partial charge is 0.382 e. The van der Waals surface area contributed by atoms with Crippen LogP contribution in [0, 0.1) is 9.39 Å². The monoisotopic (exact) mass is 369 g/mol. The molecule has 0 saturated heterocycles. The molecule has 96 valence electrons.